The summed E-state index contributed by atoms with van der Waals surface area (Å²) in [7, 11) is -3.76. The summed E-state index contributed by atoms with van der Waals surface area (Å²) < 4.78 is 33.5. The summed E-state index contributed by atoms with van der Waals surface area (Å²) in [5.74, 6) is 0.716. The number of benzene rings is 3. The molecule has 0 radical (unpaired) electrons. The maximum absolute atomic E-state index is 12.6. The third kappa shape index (κ3) is 6.20. The van der Waals surface area contributed by atoms with Gasteiger partial charge in [-0.1, -0.05) is 54.6 Å². The fourth-order valence-electron chi connectivity index (χ4n) is 3.52. The molecule has 0 unspecified atom stereocenters. The third-order valence-corrected chi connectivity index (χ3v) is 6.50. The van der Waals surface area contributed by atoms with E-state index in [1.807, 2.05) is 54.6 Å². The zero-order valence-electron chi connectivity index (χ0n) is 18.0. The largest absolute Gasteiger partial charge is 0.483 e. The molecule has 33 heavy (non-hydrogen) atoms. The van der Waals surface area contributed by atoms with E-state index in [0.29, 0.717) is 36.7 Å². The zero-order chi connectivity index (χ0) is 23.1. The van der Waals surface area contributed by atoms with Crippen molar-refractivity contribution in [3.05, 3.63) is 90.0 Å². The molecular formula is C25H25N3O4S. The van der Waals surface area contributed by atoms with E-state index >= 15 is 0 Å². The van der Waals surface area contributed by atoms with Gasteiger partial charge in [-0.15, -0.1) is 0 Å². The summed E-state index contributed by atoms with van der Waals surface area (Å²) >= 11 is 0. The van der Waals surface area contributed by atoms with E-state index in [4.69, 9.17) is 4.74 Å². The number of nitrogens with zero attached hydrogens (tertiary/aromatic N) is 1. The van der Waals surface area contributed by atoms with E-state index in [-0.39, 0.29) is 17.4 Å². The number of sulfonamides is 1. The van der Waals surface area contributed by atoms with Crippen LogP contribution in [-0.4, -0.2) is 33.3 Å². The highest BCUT2D eigenvalue weighted by molar-refractivity contribution is 7.90. The topological polar surface area (TPSA) is 96.9 Å². The molecule has 3 aromatic rings. The SMILES string of the molecule is O=C(COc1ccccc1Cc1ccccc1)Nc1cccc(S(=O)(=O)NC2=NCCC2)c1. The summed E-state index contributed by atoms with van der Waals surface area (Å²) in [6.45, 7) is 0.431. The highest BCUT2D eigenvalue weighted by Crippen LogP contribution is 2.22. The van der Waals surface area contributed by atoms with Crippen LogP contribution >= 0.6 is 0 Å². The van der Waals surface area contributed by atoms with Gasteiger partial charge in [-0.25, -0.2) is 8.42 Å². The molecule has 8 heteroatoms. The van der Waals surface area contributed by atoms with E-state index in [9.17, 15) is 13.2 Å². The number of amides is 1. The van der Waals surface area contributed by atoms with Crippen molar-refractivity contribution in [1.82, 2.24) is 4.72 Å². The molecule has 4 rings (SSSR count). The Morgan fingerprint density at radius 3 is 2.55 bits per heavy atom. The second-order valence-corrected chi connectivity index (χ2v) is 9.35. The van der Waals surface area contributed by atoms with Crippen molar-refractivity contribution >= 4 is 27.5 Å². The molecule has 0 aliphatic carbocycles. The zero-order valence-corrected chi connectivity index (χ0v) is 18.8. The first kappa shape index (κ1) is 22.5. The summed E-state index contributed by atoms with van der Waals surface area (Å²) in [6, 6.07) is 23.7. The van der Waals surface area contributed by atoms with Gasteiger partial charge in [-0.3, -0.25) is 14.5 Å². The molecule has 0 saturated heterocycles. The molecule has 2 N–H and O–H groups in total. The normalized spacial score (nSPS) is 13.3. The van der Waals surface area contributed by atoms with Gasteiger partial charge in [0, 0.05) is 25.1 Å². The van der Waals surface area contributed by atoms with E-state index < -0.39 is 10.0 Å². The Labute approximate surface area is 193 Å². The van der Waals surface area contributed by atoms with Gasteiger partial charge in [0.2, 0.25) is 0 Å². The van der Waals surface area contributed by atoms with E-state index in [1.54, 1.807) is 12.1 Å². The van der Waals surface area contributed by atoms with Crippen molar-refractivity contribution in [2.45, 2.75) is 24.2 Å². The Bertz CT molecular complexity index is 1260. The molecule has 1 amide bonds. The van der Waals surface area contributed by atoms with Crippen molar-refractivity contribution in [3.63, 3.8) is 0 Å². The molecular weight excluding hydrogens is 438 g/mol. The summed E-state index contributed by atoms with van der Waals surface area (Å²) in [5, 5.41) is 2.70. The van der Waals surface area contributed by atoms with Crippen LogP contribution in [0.5, 0.6) is 5.75 Å². The van der Waals surface area contributed by atoms with Crippen molar-refractivity contribution in [2.75, 3.05) is 18.5 Å². The first-order valence-corrected chi connectivity index (χ1v) is 12.2. The number of hydrogen-bond donors (Lipinski definition) is 2. The number of hydrogen-bond acceptors (Lipinski definition) is 5. The Morgan fingerprint density at radius 1 is 0.970 bits per heavy atom. The Balaban J connectivity index is 1.38. The highest BCUT2D eigenvalue weighted by atomic mass is 32.2. The summed E-state index contributed by atoms with van der Waals surface area (Å²) in [4.78, 5) is 16.7. The van der Waals surface area contributed by atoms with Crippen molar-refractivity contribution < 1.29 is 17.9 Å². The standard InChI is InChI=1S/C25H25N3O4S/c29-25(18-32-23-13-5-4-10-20(23)16-19-8-2-1-3-9-19)27-21-11-6-12-22(17-21)33(30,31)28-24-14-7-15-26-24/h1-6,8-13,17H,7,14-16,18H2,(H,26,28)(H,27,29). The quantitative estimate of drug-likeness (QED) is 0.532. The fourth-order valence-corrected chi connectivity index (χ4v) is 4.66. The molecule has 0 saturated carbocycles. The van der Waals surface area contributed by atoms with E-state index in [2.05, 4.69) is 15.0 Å². The second kappa shape index (κ2) is 10.3. The van der Waals surface area contributed by atoms with Crippen molar-refractivity contribution in [1.29, 1.82) is 0 Å². The molecule has 1 heterocycles. The number of anilines is 1. The van der Waals surface area contributed by atoms with Crippen LogP contribution in [0.15, 0.2) is 88.8 Å². The number of ether oxygens (including phenoxy) is 1. The molecule has 1 aliphatic heterocycles. The average molecular weight is 464 g/mol. The number of nitrogens with one attached hydrogen (secondary N) is 2. The van der Waals surface area contributed by atoms with Gasteiger partial charge in [-0.05, 0) is 41.8 Å². The predicted molar refractivity (Wildman–Crippen MR) is 128 cm³/mol. The number of amidine groups is 1. The molecule has 7 nitrogen and oxygen atoms in total. The van der Waals surface area contributed by atoms with Crippen LogP contribution in [0.3, 0.4) is 0 Å². The summed E-state index contributed by atoms with van der Waals surface area (Å²) in [5.41, 5.74) is 2.50. The van der Waals surface area contributed by atoms with Gasteiger partial charge in [0.25, 0.3) is 15.9 Å². The highest BCUT2D eigenvalue weighted by Gasteiger charge is 2.19. The smallest absolute Gasteiger partial charge is 0.262 e. The van der Waals surface area contributed by atoms with Gasteiger partial charge in [0.1, 0.15) is 11.6 Å². The van der Waals surface area contributed by atoms with Gasteiger partial charge in [0.05, 0.1) is 4.90 Å². The molecule has 0 spiro atoms. The van der Waals surface area contributed by atoms with Gasteiger partial charge in [0.15, 0.2) is 6.61 Å². The molecule has 0 aromatic heterocycles. The molecule has 3 aromatic carbocycles. The van der Waals surface area contributed by atoms with Crippen LogP contribution in [0.1, 0.15) is 24.0 Å². The third-order valence-electron chi connectivity index (χ3n) is 5.12. The number of carbonyl (C=O) groups is 1. The van der Waals surface area contributed by atoms with E-state index in [0.717, 1.165) is 17.5 Å². The van der Waals surface area contributed by atoms with Crippen molar-refractivity contribution in [2.24, 2.45) is 4.99 Å². The molecule has 170 valence electrons. The lowest BCUT2D eigenvalue weighted by atomic mass is 10.0. The minimum Gasteiger partial charge on any atom is -0.483 e. The minimum atomic E-state index is -3.76. The van der Waals surface area contributed by atoms with Crippen LogP contribution in [0.25, 0.3) is 0 Å². The van der Waals surface area contributed by atoms with Gasteiger partial charge < -0.3 is 10.1 Å². The molecule has 0 fully saturated rings. The van der Waals surface area contributed by atoms with Crippen LogP contribution in [0.4, 0.5) is 5.69 Å². The van der Waals surface area contributed by atoms with Gasteiger partial charge >= 0.3 is 0 Å². The lowest BCUT2D eigenvalue weighted by molar-refractivity contribution is -0.118. The fraction of sp³-hybridized carbons (Fsp3) is 0.200. The Morgan fingerprint density at radius 2 is 1.76 bits per heavy atom. The number of aliphatic imine (C=N–C) groups is 1. The maximum Gasteiger partial charge on any atom is 0.262 e. The second-order valence-electron chi connectivity index (χ2n) is 7.67. The Kier molecular flexibility index (Phi) is 7.04. The predicted octanol–water partition coefficient (Wildman–Crippen LogP) is 3.77. The Hall–Kier alpha value is -3.65. The number of para-hydroxylation sites is 1. The van der Waals surface area contributed by atoms with Gasteiger partial charge in [-0.2, -0.15) is 0 Å². The first-order chi connectivity index (χ1) is 16.0. The number of rotatable bonds is 8. The average Bonchev–Trinajstić information content (AvgIpc) is 3.32. The van der Waals surface area contributed by atoms with Crippen LogP contribution in [0.2, 0.25) is 0 Å². The molecule has 1 aliphatic rings. The monoisotopic (exact) mass is 463 g/mol. The molecule has 0 atom stereocenters. The maximum atomic E-state index is 12.6. The lowest BCUT2D eigenvalue weighted by Gasteiger charge is -2.13. The molecule has 0 bridgehead atoms. The van der Waals surface area contributed by atoms with Crippen LogP contribution in [-0.2, 0) is 21.2 Å². The van der Waals surface area contributed by atoms with E-state index in [1.165, 1.54) is 12.1 Å². The first-order valence-electron chi connectivity index (χ1n) is 10.7. The minimum absolute atomic E-state index is 0.0593. The van der Waals surface area contributed by atoms with Crippen molar-refractivity contribution in [3.8, 4) is 5.75 Å². The summed E-state index contributed by atoms with van der Waals surface area (Å²) in [6.07, 6.45) is 2.14. The lowest BCUT2D eigenvalue weighted by Crippen LogP contribution is -2.29. The van der Waals surface area contributed by atoms with Crippen LogP contribution in [0, 0.1) is 0 Å². The number of carbonyl (C=O) groups excluding carboxylic acids is 1. The van der Waals surface area contributed by atoms with Crippen LogP contribution < -0.4 is 14.8 Å².